The SMILES string of the molecule is COCCNC(=O)C1CN2CCC1CC2Cn1cc(-c2ccccc2)nn1. The number of methoxy groups -OCH3 is 1. The number of benzene rings is 1. The van der Waals surface area contributed by atoms with Crippen LogP contribution in [0.1, 0.15) is 12.8 Å². The molecule has 1 aromatic heterocycles. The molecule has 4 atom stereocenters. The second-order valence-electron chi connectivity index (χ2n) is 7.52. The van der Waals surface area contributed by atoms with Crippen molar-refractivity contribution in [2.24, 2.45) is 11.8 Å². The average Bonchev–Trinajstić information content (AvgIpc) is 3.18. The van der Waals surface area contributed by atoms with Gasteiger partial charge in [0, 0.05) is 31.8 Å². The topological polar surface area (TPSA) is 72.3 Å². The summed E-state index contributed by atoms with van der Waals surface area (Å²) in [7, 11) is 1.65. The van der Waals surface area contributed by atoms with Crippen LogP contribution in [0, 0.1) is 11.8 Å². The highest BCUT2D eigenvalue weighted by molar-refractivity contribution is 5.79. The summed E-state index contributed by atoms with van der Waals surface area (Å²) in [6.07, 6.45) is 4.17. The van der Waals surface area contributed by atoms with Gasteiger partial charge in [-0.2, -0.15) is 0 Å². The number of carbonyl (C=O) groups is 1. The smallest absolute Gasteiger partial charge is 0.224 e. The number of rotatable bonds is 7. The molecule has 2 aromatic rings. The van der Waals surface area contributed by atoms with Gasteiger partial charge >= 0.3 is 0 Å². The van der Waals surface area contributed by atoms with Gasteiger partial charge < -0.3 is 10.1 Å². The maximum Gasteiger partial charge on any atom is 0.224 e. The molecular formula is C20H27N5O2. The molecule has 144 valence electrons. The second-order valence-corrected chi connectivity index (χ2v) is 7.52. The van der Waals surface area contributed by atoms with Crippen molar-refractivity contribution < 1.29 is 9.53 Å². The van der Waals surface area contributed by atoms with Gasteiger partial charge in [-0.05, 0) is 25.3 Å². The van der Waals surface area contributed by atoms with E-state index in [1.165, 1.54) is 0 Å². The number of carbonyl (C=O) groups excluding carboxylic acids is 1. The minimum Gasteiger partial charge on any atom is -0.383 e. The normalized spacial score (nSPS) is 26.9. The molecule has 27 heavy (non-hydrogen) atoms. The van der Waals surface area contributed by atoms with E-state index in [1.807, 2.05) is 41.2 Å². The van der Waals surface area contributed by atoms with Crippen LogP contribution >= 0.6 is 0 Å². The molecule has 0 radical (unpaired) electrons. The summed E-state index contributed by atoms with van der Waals surface area (Å²) < 4.78 is 6.96. The van der Waals surface area contributed by atoms with Gasteiger partial charge in [-0.1, -0.05) is 35.5 Å². The number of hydrogen-bond donors (Lipinski definition) is 1. The number of hydrogen-bond acceptors (Lipinski definition) is 5. The zero-order valence-electron chi connectivity index (χ0n) is 15.8. The standard InChI is InChI=1S/C20H27N5O2/c1-27-10-8-21-20(26)18-13-24-9-7-16(18)11-17(24)12-25-14-19(22-23-25)15-5-3-2-4-6-15/h2-6,14,16-18H,7-13H2,1H3,(H,21,26). The molecule has 4 heterocycles. The fraction of sp³-hybridized carbons (Fsp3) is 0.550. The number of nitrogens with zero attached hydrogens (tertiary/aromatic N) is 4. The van der Waals surface area contributed by atoms with E-state index in [1.54, 1.807) is 7.11 Å². The highest BCUT2D eigenvalue weighted by atomic mass is 16.5. The van der Waals surface area contributed by atoms with Crippen molar-refractivity contribution in [3.05, 3.63) is 36.5 Å². The molecule has 3 aliphatic rings. The van der Waals surface area contributed by atoms with E-state index in [0.717, 1.165) is 43.7 Å². The number of amides is 1. The Labute approximate surface area is 159 Å². The Kier molecular flexibility index (Phi) is 5.50. The molecule has 2 bridgehead atoms. The molecule has 7 nitrogen and oxygen atoms in total. The first kappa shape index (κ1) is 18.1. The van der Waals surface area contributed by atoms with Gasteiger partial charge in [-0.3, -0.25) is 14.4 Å². The fourth-order valence-corrected chi connectivity index (χ4v) is 4.38. The Morgan fingerprint density at radius 3 is 2.93 bits per heavy atom. The van der Waals surface area contributed by atoms with E-state index >= 15 is 0 Å². The summed E-state index contributed by atoms with van der Waals surface area (Å²) in [6, 6.07) is 10.6. The number of nitrogens with one attached hydrogen (secondary N) is 1. The molecule has 5 rings (SSSR count). The molecule has 0 saturated carbocycles. The minimum atomic E-state index is 0.0995. The third kappa shape index (κ3) is 4.04. The summed E-state index contributed by atoms with van der Waals surface area (Å²) in [5, 5.41) is 11.6. The molecule has 3 fully saturated rings. The summed E-state index contributed by atoms with van der Waals surface area (Å²) in [6.45, 7) is 3.88. The van der Waals surface area contributed by atoms with Crippen LogP contribution in [-0.2, 0) is 16.1 Å². The number of aromatic nitrogens is 3. The molecule has 0 spiro atoms. The van der Waals surface area contributed by atoms with Gasteiger partial charge in [0.05, 0.1) is 25.3 Å². The Morgan fingerprint density at radius 1 is 1.33 bits per heavy atom. The molecule has 3 saturated heterocycles. The lowest BCUT2D eigenvalue weighted by Crippen LogP contribution is -2.58. The van der Waals surface area contributed by atoms with Crippen molar-refractivity contribution in [3.8, 4) is 11.3 Å². The Balaban J connectivity index is 1.36. The van der Waals surface area contributed by atoms with E-state index in [0.29, 0.717) is 25.1 Å². The minimum absolute atomic E-state index is 0.0995. The van der Waals surface area contributed by atoms with Crippen molar-refractivity contribution in [2.75, 3.05) is 33.4 Å². The van der Waals surface area contributed by atoms with E-state index in [4.69, 9.17) is 4.74 Å². The molecule has 0 aliphatic carbocycles. The van der Waals surface area contributed by atoms with Crippen LogP contribution in [0.2, 0.25) is 0 Å². The predicted molar refractivity (Wildman–Crippen MR) is 102 cm³/mol. The third-order valence-corrected chi connectivity index (χ3v) is 5.83. The van der Waals surface area contributed by atoms with Gasteiger partial charge in [-0.25, -0.2) is 0 Å². The molecule has 1 aromatic carbocycles. The fourth-order valence-electron chi connectivity index (χ4n) is 4.38. The maximum atomic E-state index is 12.5. The zero-order chi connectivity index (χ0) is 18.6. The summed E-state index contributed by atoms with van der Waals surface area (Å²) in [5.41, 5.74) is 1.99. The van der Waals surface area contributed by atoms with Gasteiger partial charge in [0.2, 0.25) is 5.91 Å². The van der Waals surface area contributed by atoms with Crippen LogP contribution in [0.15, 0.2) is 36.5 Å². The lowest BCUT2D eigenvalue weighted by Gasteiger charge is -2.49. The summed E-state index contributed by atoms with van der Waals surface area (Å²) >= 11 is 0. The Bertz CT molecular complexity index is 763. The van der Waals surface area contributed by atoms with Crippen LogP contribution < -0.4 is 5.32 Å². The number of ether oxygens (including phenoxy) is 1. The molecule has 7 heteroatoms. The quantitative estimate of drug-likeness (QED) is 0.748. The summed E-state index contributed by atoms with van der Waals surface area (Å²) in [4.78, 5) is 14.9. The molecule has 3 aliphatic heterocycles. The van der Waals surface area contributed by atoms with Crippen molar-refractivity contribution in [1.82, 2.24) is 25.2 Å². The van der Waals surface area contributed by atoms with E-state index in [-0.39, 0.29) is 11.8 Å². The van der Waals surface area contributed by atoms with Crippen molar-refractivity contribution >= 4 is 5.91 Å². The lowest BCUT2D eigenvalue weighted by molar-refractivity contribution is -0.133. The van der Waals surface area contributed by atoms with Crippen LogP contribution in [0.4, 0.5) is 0 Å². The van der Waals surface area contributed by atoms with E-state index in [9.17, 15) is 4.79 Å². The van der Waals surface area contributed by atoms with Crippen molar-refractivity contribution in [3.63, 3.8) is 0 Å². The highest BCUT2D eigenvalue weighted by Gasteiger charge is 2.43. The largest absolute Gasteiger partial charge is 0.383 e. The van der Waals surface area contributed by atoms with Crippen LogP contribution in [0.25, 0.3) is 11.3 Å². The first-order valence-electron chi connectivity index (χ1n) is 9.71. The van der Waals surface area contributed by atoms with Gasteiger partial charge in [0.25, 0.3) is 0 Å². The van der Waals surface area contributed by atoms with Gasteiger partial charge in [-0.15, -0.1) is 5.10 Å². The average molecular weight is 369 g/mol. The maximum absolute atomic E-state index is 12.5. The number of piperidine rings is 3. The molecule has 1 N–H and O–H groups in total. The Hall–Kier alpha value is -2.25. The predicted octanol–water partition coefficient (Wildman–Crippen LogP) is 1.42. The molecule has 1 amide bonds. The number of fused-ring (bicyclic) bond motifs is 3. The van der Waals surface area contributed by atoms with Crippen molar-refractivity contribution in [2.45, 2.75) is 25.4 Å². The third-order valence-electron chi connectivity index (χ3n) is 5.83. The molecule has 4 unspecified atom stereocenters. The van der Waals surface area contributed by atoms with Gasteiger partial charge in [0.15, 0.2) is 0 Å². The Morgan fingerprint density at radius 2 is 2.19 bits per heavy atom. The van der Waals surface area contributed by atoms with Crippen LogP contribution in [-0.4, -0.2) is 65.2 Å². The lowest BCUT2D eigenvalue weighted by atomic mass is 9.75. The summed E-state index contributed by atoms with van der Waals surface area (Å²) in [5.74, 6) is 0.731. The first-order chi connectivity index (χ1) is 13.2. The van der Waals surface area contributed by atoms with Crippen molar-refractivity contribution in [1.29, 1.82) is 0 Å². The van der Waals surface area contributed by atoms with E-state index < -0.39 is 0 Å². The van der Waals surface area contributed by atoms with Gasteiger partial charge in [0.1, 0.15) is 5.69 Å². The zero-order valence-corrected chi connectivity index (χ0v) is 15.8. The molecular weight excluding hydrogens is 342 g/mol. The second kappa shape index (κ2) is 8.19. The highest BCUT2D eigenvalue weighted by Crippen LogP contribution is 2.37. The van der Waals surface area contributed by atoms with Crippen LogP contribution in [0.3, 0.4) is 0 Å². The van der Waals surface area contributed by atoms with E-state index in [2.05, 4.69) is 20.5 Å². The van der Waals surface area contributed by atoms with Crippen LogP contribution in [0.5, 0.6) is 0 Å². The first-order valence-corrected chi connectivity index (χ1v) is 9.71. The monoisotopic (exact) mass is 369 g/mol.